The topological polar surface area (TPSA) is 12.0 Å². The van der Waals surface area contributed by atoms with E-state index in [9.17, 15) is 0 Å². The molecule has 1 N–H and O–H groups in total. The van der Waals surface area contributed by atoms with E-state index in [0.717, 1.165) is 11.6 Å². The van der Waals surface area contributed by atoms with Gasteiger partial charge in [-0.1, -0.05) is 48.4 Å². The summed E-state index contributed by atoms with van der Waals surface area (Å²) in [6.45, 7) is 3.10. The van der Waals surface area contributed by atoms with Crippen LogP contribution in [-0.2, 0) is 0 Å². The van der Waals surface area contributed by atoms with E-state index in [-0.39, 0.29) is 0 Å². The van der Waals surface area contributed by atoms with Crippen LogP contribution in [0.2, 0.25) is 5.02 Å². The molecule has 86 valence electrons. The second-order valence-corrected chi connectivity index (χ2v) is 4.59. The van der Waals surface area contributed by atoms with Gasteiger partial charge in [-0.2, -0.15) is 0 Å². The number of allylic oxidation sites excluding steroid dienone is 1. The third-order valence-corrected chi connectivity index (χ3v) is 3.42. The highest BCUT2D eigenvalue weighted by Crippen LogP contribution is 2.33. The highest BCUT2D eigenvalue weighted by molar-refractivity contribution is 6.31. The summed E-state index contributed by atoms with van der Waals surface area (Å²) in [5.74, 6) is 0. The average molecular weight is 236 g/mol. The molecule has 1 aromatic carbocycles. The summed E-state index contributed by atoms with van der Waals surface area (Å²) >= 11 is 6.27. The van der Waals surface area contributed by atoms with E-state index in [4.69, 9.17) is 11.6 Å². The first-order valence-corrected chi connectivity index (χ1v) is 6.37. The summed E-state index contributed by atoms with van der Waals surface area (Å²) in [6, 6.07) is 8.44. The average Bonchev–Trinajstić information content (AvgIpc) is 2.80. The molecule has 0 radical (unpaired) electrons. The van der Waals surface area contributed by atoms with Crippen molar-refractivity contribution >= 4 is 11.6 Å². The first-order chi connectivity index (χ1) is 7.83. The quantitative estimate of drug-likeness (QED) is 0.775. The Morgan fingerprint density at radius 2 is 2.19 bits per heavy atom. The molecule has 0 aromatic heterocycles. The third kappa shape index (κ3) is 2.47. The highest BCUT2D eigenvalue weighted by Gasteiger charge is 2.19. The van der Waals surface area contributed by atoms with Crippen molar-refractivity contribution in [2.24, 2.45) is 0 Å². The van der Waals surface area contributed by atoms with Crippen LogP contribution in [-0.4, -0.2) is 6.54 Å². The fourth-order valence-corrected chi connectivity index (χ4v) is 2.56. The van der Waals surface area contributed by atoms with Gasteiger partial charge in [-0.05, 0) is 37.4 Å². The summed E-state index contributed by atoms with van der Waals surface area (Å²) < 4.78 is 0. The number of benzene rings is 1. The van der Waals surface area contributed by atoms with E-state index in [1.54, 1.807) is 0 Å². The maximum Gasteiger partial charge on any atom is 0.0550 e. The monoisotopic (exact) mass is 235 g/mol. The molecular weight excluding hydrogens is 218 g/mol. The summed E-state index contributed by atoms with van der Waals surface area (Å²) in [4.78, 5) is 0. The van der Waals surface area contributed by atoms with Crippen LogP contribution in [0.4, 0.5) is 0 Å². The van der Waals surface area contributed by atoms with E-state index in [1.807, 2.05) is 12.1 Å². The van der Waals surface area contributed by atoms with Gasteiger partial charge in [0.25, 0.3) is 0 Å². The first-order valence-electron chi connectivity index (χ1n) is 5.99. The largest absolute Gasteiger partial charge is 0.307 e. The lowest BCUT2D eigenvalue weighted by Gasteiger charge is -2.21. The van der Waals surface area contributed by atoms with Gasteiger partial charge in [0.1, 0.15) is 0 Å². The lowest BCUT2D eigenvalue weighted by Crippen LogP contribution is -2.22. The number of likely N-dealkylation sites (N-methyl/N-ethyl adjacent to an activating group) is 1. The predicted octanol–water partition coefficient (Wildman–Crippen LogP) is 4.10. The molecule has 1 unspecified atom stereocenters. The molecule has 1 aliphatic carbocycles. The molecule has 1 nitrogen and oxygen atoms in total. The Hall–Kier alpha value is -0.790. The Morgan fingerprint density at radius 3 is 2.81 bits per heavy atom. The maximum absolute atomic E-state index is 6.27. The molecule has 2 rings (SSSR count). The van der Waals surface area contributed by atoms with Crippen LogP contribution >= 0.6 is 11.6 Å². The Labute approximate surface area is 103 Å². The van der Waals surface area contributed by atoms with Crippen molar-refractivity contribution < 1.29 is 0 Å². The zero-order chi connectivity index (χ0) is 11.4. The van der Waals surface area contributed by atoms with E-state index in [2.05, 4.69) is 30.4 Å². The molecule has 1 atom stereocenters. The second-order valence-electron chi connectivity index (χ2n) is 4.18. The van der Waals surface area contributed by atoms with Crippen LogP contribution in [0.1, 0.15) is 37.8 Å². The van der Waals surface area contributed by atoms with E-state index >= 15 is 0 Å². The SMILES string of the molecule is CCNC(C1=CCCC1)c1ccccc1Cl. The van der Waals surface area contributed by atoms with Gasteiger partial charge in [0.15, 0.2) is 0 Å². The molecule has 0 saturated carbocycles. The lowest BCUT2D eigenvalue weighted by molar-refractivity contribution is 0.605. The van der Waals surface area contributed by atoms with Crippen LogP contribution < -0.4 is 5.32 Å². The molecule has 0 spiro atoms. The molecule has 1 aliphatic rings. The molecule has 0 heterocycles. The van der Waals surface area contributed by atoms with Crippen LogP contribution in [0.25, 0.3) is 0 Å². The van der Waals surface area contributed by atoms with E-state index in [0.29, 0.717) is 6.04 Å². The molecule has 0 amide bonds. The Kier molecular flexibility index (Phi) is 4.03. The van der Waals surface area contributed by atoms with Crippen molar-refractivity contribution in [3.63, 3.8) is 0 Å². The summed E-state index contributed by atoms with van der Waals surface area (Å²) in [6.07, 6.45) is 6.04. The van der Waals surface area contributed by atoms with Crippen molar-refractivity contribution in [3.05, 3.63) is 46.5 Å². The maximum atomic E-state index is 6.27. The zero-order valence-electron chi connectivity index (χ0n) is 9.67. The van der Waals surface area contributed by atoms with Gasteiger partial charge in [-0.3, -0.25) is 0 Å². The number of halogens is 1. The highest BCUT2D eigenvalue weighted by atomic mass is 35.5. The van der Waals surface area contributed by atoms with Crippen molar-refractivity contribution in [3.8, 4) is 0 Å². The van der Waals surface area contributed by atoms with Gasteiger partial charge in [-0.25, -0.2) is 0 Å². The van der Waals surface area contributed by atoms with Crippen molar-refractivity contribution in [2.75, 3.05) is 6.54 Å². The van der Waals surface area contributed by atoms with Crippen LogP contribution in [0.5, 0.6) is 0 Å². The van der Waals surface area contributed by atoms with Crippen molar-refractivity contribution in [2.45, 2.75) is 32.2 Å². The van der Waals surface area contributed by atoms with E-state index in [1.165, 1.54) is 30.4 Å². The van der Waals surface area contributed by atoms with Gasteiger partial charge < -0.3 is 5.32 Å². The summed E-state index contributed by atoms with van der Waals surface area (Å²) in [7, 11) is 0. The fourth-order valence-electron chi connectivity index (χ4n) is 2.31. The molecule has 2 heteroatoms. The zero-order valence-corrected chi connectivity index (χ0v) is 10.4. The molecule has 1 aromatic rings. The minimum atomic E-state index is 0.307. The molecular formula is C14H18ClN. The second kappa shape index (κ2) is 5.51. The minimum Gasteiger partial charge on any atom is -0.307 e. The molecule has 0 fully saturated rings. The number of nitrogens with one attached hydrogen (secondary N) is 1. The number of hydrogen-bond donors (Lipinski definition) is 1. The van der Waals surface area contributed by atoms with E-state index < -0.39 is 0 Å². The van der Waals surface area contributed by atoms with Gasteiger partial charge in [0.05, 0.1) is 6.04 Å². The normalized spacial score (nSPS) is 17.2. The molecule has 0 aliphatic heterocycles. The van der Waals surface area contributed by atoms with Gasteiger partial charge in [0.2, 0.25) is 0 Å². The number of rotatable bonds is 4. The fraction of sp³-hybridized carbons (Fsp3) is 0.429. The summed E-state index contributed by atoms with van der Waals surface area (Å²) in [5, 5.41) is 4.39. The van der Waals surface area contributed by atoms with Crippen LogP contribution in [0.15, 0.2) is 35.9 Å². The smallest absolute Gasteiger partial charge is 0.0550 e. The van der Waals surface area contributed by atoms with Crippen molar-refractivity contribution in [1.29, 1.82) is 0 Å². The molecule has 16 heavy (non-hydrogen) atoms. The van der Waals surface area contributed by atoms with Gasteiger partial charge in [0, 0.05) is 5.02 Å². The van der Waals surface area contributed by atoms with Crippen LogP contribution in [0.3, 0.4) is 0 Å². The Morgan fingerprint density at radius 1 is 1.38 bits per heavy atom. The third-order valence-electron chi connectivity index (χ3n) is 3.07. The van der Waals surface area contributed by atoms with Gasteiger partial charge >= 0.3 is 0 Å². The van der Waals surface area contributed by atoms with Crippen LogP contribution in [0, 0.1) is 0 Å². The molecule has 0 saturated heterocycles. The molecule has 0 bridgehead atoms. The predicted molar refractivity (Wildman–Crippen MR) is 69.8 cm³/mol. The Balaban J connectivity index is 2.28. The Bertz CT molecular complexity index is 384. The van der Waals surface area contributed by atoms with Crippen molar-refractivity contribution in [1.82, 2.24) is 5.32 Å². The number of hydrogen-bond acceptors (Lipinski definition) is 1. The first kappa shape index (κ1) is 11.7. The lowest BCUT2D eigenvalue weighted by atomic mass is 9.98. The van der Waals surface area contributed by atoms with Gasteiger partial charge in [-0.15, -0.1) is 0 Å². The standard InChI is InChI=1S/C14H18ClN/c1-2-16-14(11-7-3-4-8-11)12-9-5-6-10-13(12)15/h5-7,9-10,14,16H,2-4,8H2,1H3. The minimum absolute atomic E-state index is 0.307. The summed E-state index contributed by atoms with van der Waals surface area (Å²) in [5.41, 5.74) is 2.70.